The molecule has 2 saturated carbocycles. The summed E-state index contributed by atoms with van der Waals surface area (Å²) in [6.45, 7) is 0.787. The van der Waals surface area contributed by atoms with Crippen molar-refractivity contribution in [3.8, 4) is 0 Å². The Morgan fingerprint density at radius 3 is 2.68 bits per heavy atom. The van der Waals surface area contributed by atoms with Crippen LogP contribution in [-0.4, -0.2) is 22.4 Å². The lowest BCUT2D eigenvalue weighted by Gasteiger charge is -2.14. The van der Waals surface area contributed by atoms with Gasteiger partial charge in [0.05, 0.1) is 0 Å². The van der Waals surface area contributed by atoms with E-state index in [1.54, 1.807) is 18.3 Å². The van der Waals surface area contributed by atoms with Crippen molar-refractivity contribution in [2.24, 2.45) is 17.1 Å². The van der Waals surface area contributed by atoms with Gasteiger partial charge in [0.2, 0.25) is 0 Å². The minimum Gasteiger partial charge on any atom is -0.389 e. The highest BCUT2D eigenvalue weighted by molar-refractivity contribution is 7.80. The molecule has 1 aromatic heterocycles. The molecule has 2 fully saturated rings. The van der Waals surface area contributed by atoms with Crippen LogP contribution in [0.3, 0.4) is 0 Å². The number of rotatable bonds is 5. The number of amides is 1. The van der Waals surface area contributed by atoms with Gasteiger partial charge in [0.1, 0.15) is 10.7 Å². The Labute approximate surface area is 117 Å². The highest BCUT2D eigenvalue weighted by Crippen LogP contribution is 2.60. The van der Waals surface area contributed by atoms with Crippen LogP contribution in [0.25, 0.3) is 0 Å². The molecule has 0 saturated heterocycles. The van der Waals surface area contributed by atoms with E-state index in [1.165, 1.54) is 25.7 Å². The molecule has 1 amide bonds. The first kappa shape index (κ1) is 12.5. The molecule has 19 heavy (non-hydrogen) atoms. The number of nitrogens with zero attached hydrogens (tertiary/aromatic N) is 1. The molecule has 1 aromatic rings. The van der Waals surface area contributed by atoms with Crippen molar-refractivity contribution in [2.75, 3.05) is 6.54 Å². The fraction of sp³-hybridized carbons (Fsp3) is 0.500. The van der Waals surface area contributed by atoms with E-state index < -0.39 is 0 Å². The molecule has 2 aliphatic rings. The minimum absolute atomic E-state index is 0.110. The molecule has 0 atom stereocenters. The van der Waals surface area contributed by atoms with Gasteiger partial charge < -0.3 is 11.1 Å². The molecule has 100 valence electrons. The van der Waals surface area contributed by atoms with E-state index in [9.17, 15) is 4.79 Å². The van der Waals surface area contributed by atoms with E-state index in [0.717, 1.165) is 12.5 Å². The summed E-state index contributed by atoms with van der Waals surface area (Å²) in [7, 11) is 0. The SMILES string of the molecule is NC(=S)c1ccc(C(=O)NCC2(C3CC3)CC2)nc1. The molecule has 0 aromatic carbocycles. The van der Waals surface area contributed by atoms with Crippen molar-refractivity contribution in [3.05, 3.63) is 29.6 Å². The Hall–Kier alpha value is -1.49. The minimum atomic E-state index is -0.110. The van der Waals surface area contributed by atoms with Crippen LogP contribution in [0.5, 0.6) is 0 Å². The lowest BCUT2D eigenvalue weighted by Crippen LogP contribution is -2.31. The predicted molar refractivity (Wildman–Crippen MR) is 76.8 cm³/mol. The standard InChI is InChI=1S/C14H17N3OS/c15-12(19)9-1-4-11(16-7-9)13(18)17-8-14(5-6-14)10-2-3-10/h1,4,7,10H,2-3,5-6,8H2,(H2,15,19)(H,17,18). The number of nitrogens with one attached hydrogen (secondary N) is 1. The molecule has 0 bridgehead atoms. The summed E-state index contributed by atoms with van der Waals surface area (Å²) < 4.78 is 0. The Morgan fingerprint density at radius 2 is 2.21 bits per heavy atom. The number of pyridine rings is 1. The monoisotopic (exact) mass is 275 g/mol. The van der Waals surface area contributed by atoms with Crippen LogP contribution in [-0.2, 0) is 0 Å². The van der Waals surface area contributed by atoms with Crippen molar-refractivity contribution >= 4 is 23.1 Å². The van der Waals surface area contributed by atoms with Crippen LogP contribution in [0.4, 0.5) is 0 Å². The van der Waals surface area contributed by atoms with E-state index >= 15 is 0 Å². The maximum Gasteiger partial charge on any atom is 0.269 e. The summed E-state index contributed by atoms with van der Waals surface area (Å²) in [5.41, 5.74) is 7.01. The molecular weight excluding hydrogens is 258 g/mol. The Bertz CT molecular complexity index is 518. The highest BCUT2D eigenvalue weighted by atomic mass is 32.1. The number of carbonyl (C=O) groups excluding carboxylic acids is 1. The summed E-state index contributed by atoms with van der Waals surface area (Å²) in [6.07, 6.45) is 6.72. The van der Waals surface area contributed by atoms with Gasteiger partial charge in [0.15, 0.2) is 0 Å². The van der Waals surface area contributed by atoms with Crippen LogP contribution in [0, 0.1) is 11.3 Å². The van der Waals surface area contributed by atoms with Crippen LogP contribution in [0.15, 0.2) is 18.3 Å². The smallest absolute Gasteiger partial charge is 0.269 e. The quantitative estimate of drug-likeness (QED) is 0.802. The van der Waals surface area contributed by atoms with E-state index in [2.05, 4.69) is 10.3 Å². The zero-order valence-corrected chi connectivity index (χ0v) is 11.5. The molecule has 2 aliphatic carbocycles. The molecule has 3 rings (SSSR count). The molecule has 0 aliphatic heterocycles. The van der Waals surface area contributed by atoms with Crippen LogP contribution in [0.1, 0.15) is 41.7 Å². The van der Waals surface area contributed by atoms with Gasteiger partial charge in [-0.3, -0.25) is 9.78 Å². The van der Waals surface area contributed by atoms with Crippen molar-refractivity contribution in [2.45, 2.75) is 25.7 Å². The van der Waals surface area contributed by atoms with Gasteiger partial charge in [-0.25, -0.2) is 0 Å². The van der Waals surface area contributed by atoms with Gasteiger partial charge in [-0.1, -0.05) is 12.2 Å². The molecule has 0 unspecified atom stereocenters. The summed E-state index contributed by atoms with van der Waals surface area (Å²) >= 11 is 4.85. The third-order valence-electron chi connectivity index (χ3n) is 4.22. The van der Waals surface area contributed by atoms with Crippen LogP contribution < -0.4 is 11.1 Å². The summed E-state index contributed by atoms with van der Waals surface area (Å²) in [5, 5.41) is 3.01. The zero-order chi connectivity index (χ0) is 13.5. The Kier molecular flexibility index (Phi) is 3.01. The van der Waals surface area contributed by atoms with Gasteiger partial charge >= 0.3 is 0 Å². The Balaban J connectivity index is 1.59. The second-order valence-corrected chi connectivity index (χ2v) is 6.06. The summed E-state index contributed by atoms with van der Waals surface area (Å²) in [5.74, 6) is 0.735. The third kappa shape index (κ3) is 2.61. The van der Waals surface area contributed by atoms with Gasteiger partial charge in [0, 0.05) is 18.3 Å². The number of hydrogen-bond acceptors (Lipinski definition) is 3. The number of hydrogen-bond donors (Lipinski definition) is 2. The third-order valence-corrected chi connectivity index (χ3v) is 4.45. The van der Waals surface area contributed by atoms with Crippen molar-refractivity contribution < 1.29 is 4.79 Å². The lowest BCUT2D eigenvalue weighted by molar-refractivity contribution is 0.0937. The van der Waals surface area contributed by atoms with E-state index in [4.69, 9.17) is 18.0 Å². The molecule has 0 spiro atoms. The average molecular weight is 275 g/mol. The number of aromatic nitrogens is 1. The first-order valence-corrected chi connectivity index (χ1v) is 7.06. The number of carbonyl (C=O) groups is 1. The Morgan fingerprint density at radius 1 is 1.47 bits per heavy atom. The molecule has 4 nitrogen and oxygen atoms in total. The highest BCUT2D eigenvalue weighted by Gasteiger charge is 2.53. The largest absolute Gasteiger partial charge is 0.389 e. The molecule has 1 heterocycles. The van der Waals surface area contributed by atoms with Crippen LogP contribution in [0.2, 0.25) is 0 Å². The fourth-order valence-electron chi connectivity index (χ4n) is 2.61. The van der Waals surface area contributed by atoms with E-state index in [1.807, 2.05) is 0 Å². The first-order chi connectivity index (χ1) is 9.11. The second kappa shape index (κ2) is 4.56. The van der Waals surface area contributed by atoms with Gasteiger partial charge in [-0.15, -0.1) is 0 Å². The van der Waals surface area contributed by atoms with Crippen molar-refractivity contribution in [1.29, 1.82) is 0 Å². The van der Waals surface area contributed by atoms with Crippen molar-refractivity contribution in [1.82, 2.24) is 10.3 Å². The molecule has 3 N–H and O–H groups in total. The van der Waals surface area contributed by atoms with E-state index in [0.29, 0.717) is 21.7 Å². The maximum absolute atomic E-state index is 12.0. The molecular formula is C14H17N3OS. The van der Waals surface area contributed by atoms with Crippen molar-refractivity contribution in [3.63, 3.8) is 0 Å². The van der Waals surface area contributed by atoms with Gasteiger partial charge in [0.25, 0.3) is 5.91 Å². The number of nitrogens with two attached hydrogens (primary N) is 1. The van der Waals surface area contributed by atoms with Crippen LogP contribution >= 0.6 is 12.2 Å². The molecule has 0 radical (unpaired) electrons. The summed E-state index contributed by atoms with van der Waals surface area (Å²) in [6, 6.07) is 3.40. The van der Waals surface area contributed by atoms with E-state index in [-0.39, 0.29) is 5.91 Å². The van der Waals surface area contributed by atoms with Gasteiger partial charge in [-0.2, -0.15) is 0 Å². The molecule has 5 heteroatoms. The fourth-order valence-corrected chi connectivity index (χ4v) is 2.73. The van der Waals surface area contributed by atoms with Gasteiger partial charge in [-0.05, 0) is 49.1 Å². The normalized spacial score (nSPS) is 19.8. The maximum atomic E-state index is 12.0. The second-order valence-electron chi connectivity index (χ2n) is 5.62. The average Bonchev–Trinajstić information content (AvgIpc) is 3.28. The first-order valence-electron chi connectivity index (χ1n) is 6.65. The lowest BCUT2D eigenvalue weighted by atomic mass is 10.0. The zero-order valence-electron chi connectivity index (χ0n) is 10.7. The number of thiocarbonyl (C=S) groups is 1. The topological polar surface area (TPSA) is 68.0 Å². The predicted octanol–water partition coefficient (Wildman–Crippen LogP) is 1.64. The summed E-state index contributed by atoms with van der Waals surface area (Å²) in [4.78, 5) is 16.4.